The van der Waals surface area contributed by atoms with Gasteiger partial charge in [-0.1, -0.05) is 41.4 Å². The van der Waals surface area contributed by atoms with Crippen LogP contribution in [0.15, 0.2) is 36.4 Å². The third-order valence-electron chi connectivity index (χ3n) is 3.30. The number of carbonyl (C=O) groups excluding carboxylic acids is 1. The molecule has 0 aromatic heterocycles. The van der Waals surface area contributed by atoms with Gasteiger partial charge in [-0.15, -0.1) is 0 Å². The Morgan fingerprint density at radius 2 is 1.86 bits per heavy atom. The zero-order valence-corrected chi connectivity index (χ0v) is 13.7. The van der Waals surface area contributed by atoms with Crippen molar-refractivity contribution in [1.29, 1.82) is 5.26 Å². The van der Waals surface area contributed by atoms with E-state index in [0.717, 1.165) is 11.1 Å². The fraction of sp³-hybridized carbons (Fsp3) is 0.176. The van der Waals surface area contributed by atoms with Gasteiger partial charge in [0.2, 0.25) is 5.91 Å². The molecule has 2 rings (SSSR count). The van der Waals surface area contributed by atoms with Crippen LogP contribution < -0.4 is 5.32 Å². The van der Waals surface area contributed by atoms with E-state index in [1.807, 2.05) is 25.1 Å². The molecule has 0 aliphatic carbocycles. The minimum atomic E-state index is -0.491. The number of hydrogen-bond acceptors (Lipinski definition) is 2. The third-order valence-corrected chi connectivity index (χ3v) is 3.88. The molecule has 1 atom stereocenters. The van der Waals surface area contributed by atoms with Crippen LogP contribution in [0.2, 0.25) is 10.0 Å². The maximum atomic E-state index is 11.2. The predicted molar refractivity (Wildman–Crippen MR) is 89.4 cm³/mol. The molecule has 1 amide bonds. The van der Waals surface area contributed by atoms with E-state index in [-0.39, 0.29) is 5.91 Å². The fourth-order valence-corrected chi connectivity index (χ4v) is 2.63. The molecular formula is C17H14Cl2N2O. The van der Waals surface area contributed by atoms with Crippen molar-refractivity contribution in [1.82, 2.24) is 0 Å². The molecule has 0 spiro atoms. The first-order chi connectivity index (χ1) is 10.4. The van der Waals surface area contributed by atoms with Crippen molar-refractivity contribution in [3.8, 4) is 6.07 Å². The second-order valence-electron chi connectivity index (χ2n) is 4.98. The van der Waals surface area contributed by atoms with Gasteiger partial charge in [-0.2, -0.15) is 5.26 Å². The highest BCUT2D eigenvalue weighted by molar-refractivity contribution is 6.32. The van der Waals surface area contributed by atoms with Gasteiger partial charge < -0.3 is 5.32 Å². The number of hydrogen-bond donors (Lipinski definition) is 1. The first kappa shape index (κ1) is 16.4. The van der Waals surface area contributed by atoms with Crippen LogP contribution in [0.5, 0.6) is 0 Å². The summed E-state index contributed by atoms with van der Waals surface area (Å²) in [6.45, 7) is 3.30. The number of nitriles is 1. The van der Waals surface area contributed by atoms with Crippen LogP contribution in [0.1, 0.15) is 29.5 Å². The Morgan fingerprint density at radius 1 is 1.23 bits per heavy atom. The zero-order chi connectivity index (χ0) is 16.3. The quantitative estimate of drug-likeness (QED) is 0.867. The van der Waals surface area contributed by atoms with Crippen molar-refractivity contribution in [3.05, 3.63) is 63.1 Å². The lowest BCUT2D eigenvalue weighted by Crippen LogP contribution is -2.08. The van der Waals surface area contributed by atoms with E-state index < -0.39 is 5.92 Å². The lowest BCUT2D eigenvalue weighted by atomic mass is 9.91. The maximum absolute atomic E-state index is 11.2. The Hall–Kier alpha value is -2.02. The summed E-state index contributed by atoms with van der Waals surface area (Å²) in [5.74, 6) is -0.656. The van der Waals surface area contributed by atoms with Gasteiger partial charge in [-0.05, 0) is 41.8 Å². The summed E-state index contributed by atoms with van der Waals surface area (Å²) in [7, 11) is 0. The molecule has 1 N–H and O–H groups in total. The number of nitrogens with zero attached hydrogens (tertiary/aromatic N) is 1. The van der Waals surface area contributed by atoms with E-state index >= 15 is 0 Å². The molecular weight excluding hydrogens is 319 g/mol. The summed E-state index contributed by atoms with van der Waals surface area (Å²) in [5.41, 5.74) is 3.02. The van der Waals surface area contributed by atoms with Crippen molar-refractivity contribution in [2.75, 3.05) is 5.32 Å². The van der Waals surface area contributed by atoms with E-state index in [1.54, 1.807) is 18.2 Å². The van der Waals surface area contributed by atoms with E-state index in [4.69, 9.17) is 23.2 Å². The average molecular weight is 333 g/mol. The number of anilines is 1. The second-order valence-corrected chi connectivity index (χ2v) is 5.83. The van der Waals surface area contributed by atoms with E-state index in [9.17, 15) is 10.1 Å². The molecule has 0 saturated carbocycles. The lowest BCUT2D eigenvalue weighted by Gasteiger charge is -2.15. The van der Waals surface area contributed by atoms with E-state index in [0.29, 0.717) is 21.3 Å². The monoisotopic (exact) mass is 332 g/mol. The summed E-state index contributed by atoms with van der Waals surface area (Å²) in [6.07, 6.45) is 0. The first-order valence-electron chi connectivity index (χ1n) is 6.65. The third kappa shape index (κ3) is 3.59. The van der Waals surface area contributed by atoms with Crippen LogP contribution in [0.3, 0.4) is 0 Å². The first-order valence-corrected chi connectivity index (χ1v) is 7.40. The van der Waals surface area contributed by atoms with Crippen LogP contribution in [-0.2, 0) is 4.79 Å². The molecule has 0 saturated heterocycles. The minimum absolute atomic E-state index is 0.165. The largest absolute Gasteiger partial charge is 0.326 e. The Kier molecular flexibility index (Phi) is 5.07. The average Bonchev–Trinajstić information content (AvgIpc) is 2.46. The molecule has 2 aromatic rings. The summed E-state index contributed by atoms with van der Waals surface area (Å²) >= 11 is 12.2. The molecule has 0 unspecified atom stereocenters. The molecule has 3 nitrogen and oxygen atoms in total. The van der Waals surface area contributed by atoms with Gasteiger partial charge in [0.05, 0.1) is 12.0 Å². The van der Waals surface area contributed by atoms with Gasteiger partial charge in [-0.3, -0.25) is 4.79 Å². The number of halogens is 2. The number of aryl methyl sites for hydroxylation is 1. The fourth-order valence-electron chi connectivity index (χ4n) is 2.23. The molecule has 22 heavy (non-hydrogen) atoms. The number of nitrogens with one attached hydrogen (secondary N) is 1. The van der Waals surface area contributed by atoms with Gasteiger partial charge in [-0.25, -0.2) is 0 Å². The van der Waals surface area contributed by atoms with Crippen molar-refractivity contribution in [2.24, 2.45) is 0 Å². The van der Waals surface area contributed by atoms with Crippen molar-refractivity contribution < 1.29 is 4.79 Å². The molecule has 0 aliphatic heterocycles. The smallest absolute Gasteiger partial charge is 0.221 e. The SMILES string of the molecule is CC(=O)Nc1cc(Cl)c([C@H](C#N)c2ccc(Cl)cc2)cc1C. The van der Waals surface area contributed by atoms with Gasteiger partial charge in [0.1, 0.15) is 0 Å². The molecule has 5 heteroatoms. The molecule has 0 bridgehead atoms. The van der Waals surface area contributed by atoms with Gasteiger partial charge in [0.25, 0.3) is 0 Å². The van der Waals surface area contributed by atoms with Crippen molar-refractivity contribution >= 4 is 34.8 Å². The van der Waals surface area contributed by atoms with Crippen LogP contribution in [0.4, 0.5) is 5.69 Å². The minimum Gasteiger partial charge on any atom is -0.326 e. The highest BCUT2D eigenvalue weighted by atomic mass is 35.5. The van der Waals surface area contributed by atoms with E-state index in [2.05, 4.69) is 11.4 Å². The predicted octanol–water partition coefficient (Wildman–Crippen LogP) is 4.92. The van der Waals surface area contributed by atoms with Crippen molar-refractivity contribution in [2.45, 2.75) is 19.8 Å². The molecule has 0 fully saturated rings. The Balaban J connectivity index is 2.46. The Morgan fingerprint density at radius 3 is 2.41 bits per heavy atom. The van der Waals surface area contributed by atoms with Crippen molar-refractivity contribution in [3.63, 3.8) is 0 Å². The molecule has 0 heterocycles. The number of benzene rings is 2. The topological polar surface area (TPSA) is 52.9 Å². The maximum Gasteiger partial charge on any atom is 0.221 e. The standard InChI is InChI=1S/C17H14Cl2N2O/c1-10-7-14(16(19)8-17(10)21-11(2)22)15(9-20)12-3-5-13(18)6-4-12/h3-8,15H,1-2H3,(H,21,22)/t15-/m1/s1. The summed E-state index contributed by atoms with van der Waals surface area (Å²) < 4.78 is 0. The van der Waals surface area contributed by atoms with Gasteiger partial charge in [0, 0.05) is 22.7 Å². The second kappa shape index (κ2) is 6.83. The number of amides is 1. The lowest BCUT2D eigenvalue weighted by molar-refractivity contribution is -0.114. The normalized spacial score (nSPS) is 11.6. The Bertz CT molecular complexity index is 748. The summed E-state index contributed by atoms with van der Waals surface area (Å²) in [4.78, 5) is 11.2. The number of carbonyl (C=O) groups is 1. The van der Waals surface area contributed by atoms with Crippen LogP contribution in [0.25, 0.3) is 0 Å². The van der Waals surface area contributed by atoms with Crippen LogP contribution in [-0.4, -0.2) is 5.91 Å². The number of rotatable bonds is 3. The molecule has 0 radical (unpaired) electrons. The summed E-state index contributed by atoms with van der Waals surface area (Å²) in [5, 5.41) is 13.3. The molecule has 2 aromatic carbocycles. The molecule has 112 valence electrons. The highest BCUT2D eigenvalue weighted by Crippen LogP contribution is 2.34. The van der Waals surface area contributed by atoms with Crippen LogP contribution >= 0.6 is 23.2 Å². The van der Waals surface area contributed by atoms with Gasteiger partial charge in [0.15, 0.2) is 0 Å². The summed E-state index contributed by atoms with van der Waals surface area (Å²) in [6, 6.07) is 12.9. The van der Waals surface area contributed by atoms with Gasteiger partial charge >= 0.3 is 0 Å². The van der Waals surface area contributed by atoms with Crippen LogP contribution in [0, 0.1) is 18.3 Å². The highest BCUT2D eigenvalue weighted by Gasteiger charge is 2.18. The Labute approximate surface area is 139 Å². The zero-order valence-electron chi connectivity index (χ0n) is 12.2. The van der Waals surface area contributed by atoms with E-state index in [1.165, 1.54) is 6.92 Å². The molecule has 0 aliphatic rings.